The average molecular weight is 385 g/mol. The predicted octanol–water partition coefficient (Wildman–Crippen LogP) is 4.38. The Morgan fingerprint density at radius 3 is 0.960 bits per heavy atom. The minimum absolute atomic E-state index is 1.23. The zero-order chi connectivity index (χ0) is 18.9. The summed E-state index contributed by atoms with van der Waals surface area (Å²) in [6.45, 7) is 19.5. The van der Waals surface area contributed by atoms with Crippen LogP contribution in [0, 0.1) is 0 Å². The Labute approximate surface area is 158 Å². The SMILES string of the molecule is CC[Si](C)(C)c1ccc([Si](C)(C)c2ccc([Si](C)(C)CC)cc2)cc1. The van der Waals surface area contributed by atoms with Crippen molar-refractivity contribution >= 4 is 45.0 Å². The summed E-state index contributed by atoms with van der Waals surface area (Å²) in [6.07, 6.45) is 0. The van der Waals surface area contributed by atoms with E-state index in [0.29, 0.717) is 0 Å². The van der Waals surface area contributed by atoms with Crippen molar-refractivity contribution in [3.05, 3.63) is 48.5 Å². The minimum atomic E-state index is -1.61. The summed E-state index contributed by atoms with van der Waals surface area (Å²) in [7, 11) is -4.06. The maximum atomic E-state index is 2.49. The Morgan fingerprint density at radius 1 is 0.480 bits per heavy atom. The summed E-state index contributed by atoms with van der Waals surface area (Å²) < 4.78 is 0. The molecule has 0 aromatic heterocycles. The molecule has 0 saturated carbocycles. The van der Waals surface area contributed by atoms with Gasteiger partial charge in [0.1, 0.15) is 8.07 Å². The van der Waals surface area contributed by atoms with Crippen molar-refractivity contribution in [2.24, 2.45) is 0 Å². The summed E-state index contributed by atoms with van der Waals surface area (Å²) in [5.74, 6) is 0. The quantitative estimate of drug-likeness (QED) is 0.648. The highest BCUT2D eigenvalue weighted by molar-refractivity contribution is 7.00. The van der Waals surface area contributed by atoms with Gasteiger partial charge >= 0.3 is 0 Å². The van der Waals surface area contributed by atoms with E-state index in [2.05, 4.69) is 102 Å². The van der Waals surface area contributed by atoms with E-state index < -0.39 is 24.2 Å². The maximum absolute atomic E-state index is 2.49. The van der Waals surface area contributed by atoms with Crippen LogP contribution in [0.25, 0.3) is 0 Å². The molecule has 2 rings (SSSR count). The van der Waals surface area contributed by atoms with E-state index in [0.717, 1.165) is 0 Å². The van der Waals surface area contributed by atoms with Gasteiger partial charge < -0.3 is 0 Å². The molecule has 0 amide bonds. The molecule has 0 saturated heterocycles. The molecule has 0 heterocycles. The van der Waals surface area contributed by atoms with E-state index in [-0.39, 0.29) is 0 Å². The van der Waals surface area contributed by atoms with Gasteiger partial charge in [-0.05, 0) is 0 Å². The van der Waals surface area contributed by atoms with Crippen LogP contribution in [0.5, 0.6) is 0 Å². The highest BCUT2D eigenvalue weighted by Gasteiger charge is 2.28. The average Bonchev–Trinajstić information content (AvgIpc) is 2.62. The molecule has 0 bridgehead atoms. The monoisotopic (exact) mass is 384 g/mol. The Bertz CT molecular complexity index is 634. The summed E-state index contributed by atoms with van der Waals surface area (Å²) in [6, 6.07) is 22.0. The van der Waals surface area contributed by atoms with Crippen molar-refractivity contribution in [3.8, 4) is 0 Å². The van der Waals surface area contributed by atoms with Crippen molar-refractivity contribution in [1.29, 1.82) is 0 Å². The van der Waals surface area contributed by atoms with Gasteiger partial charge in [0.2, 0.25) is 0 Å². The van der Waals surface area contributed by atoms with Gasteiger partial charge in [-0.15, -0.1) is 0 Å². The van der Waals surface area contributed by atoms with Gasteiger partial charge in [0, 0.05) is 0 Å². The van der Waals surface area contributed by atoms with Crippen molar-refractivity contribution < 1.29 is 0 Å². The molecule has 0 fully saturated rings. The largest absolute Gasteiger partial charge is 0.112 e. The number of hydrogen-bond acceptors (Lipinski definition) is 0. The molecule has 0 nitrogen and oxygen atoms in total. The predicted molar refractivity (Wildman–Crippen MR) is 125 cm³/mol. The van der Waals surface area contributed by atoms with Crippen molar-refractivity contribution in [1.82, 2.24) is 0 Å². The van der Waals surface area contributed by atoms with E-state index in [4.69, 9.17) is 0 Å². The Hall–Kier alpha value is -0.909. The summed E-state index contributed by atoms with van der Waals surface area (Å²) in [5.41, 5.74) is 0. The van der Waals surface area contributed by atoms with Crippen LogP contribution in [0.1, 0.15) is 13.8 Å². The second kappa shape index (κ2) is 7.37. The highest BCUT2D eigenvalue weighted by atomic mass is 28.3. The topological polar surface area (TPSA) is 0 Å². The van der Waals surface area contributed by atoms with Crippen LogP contribution in [0.4, 0.5) is 0 Å². The fourth-order valence-electron chi connectivity index (χ4n) is 3.25. The van der Waals surface area contributed by atoms with Gasteiger partial charge in [-0.3, -0.25) is 0 Å². The fraction of sp³-hybridized carbons (Fsp3) is 0.455. The van der Waals surface area contributed by atoms with E-state index in [1.807, 2.05) is 0 Å². The van der Waals surface area contributed by atoms with Crippen molar-refractivity contribution in [3.63, 3.8) is 0 Å². The molecule has 0 unspecified atom stereocenters. The van der Waals surface area contributed by atoms with Crippen molar-refractivity contribution in [2.45, 2.75) is 65.2 Å². The first-order chi connectivity index (χ1) is 11.5. The molecular weight excluding hydrogens is 349 g/mol. The molecule has 0 atom stereocenters. The van der Waals surface area contributed by atoms with Crippen LogP contribution in [0.2, 0.25) is 51.4 Å². The van der Waals surface area contributed by atoms with Gasteiger partial charge in [0.25, 0.3) is 0 Å². The lowest BCUT2D eigenvalue weighted by Gasteiger charge is -2.27. The van der Waals surface area contributed by atoms with Gasteiger partial charge in [0.05, 0.1) is 16.1 Å². The van der Waals surface area contributed by atoms with Gasteiger partial charge in [0.15, 0.2) is 0 Å². The van der Waals surface area contributed by atoms with E-state index >= 15 is 0 Å². The van der Waals surface area contributed by atoms with Crippen LogP contribution in [0.15, 0.2) is 48.5 Å². The molecule has 0 aliphatic heterocycles. The summed E-state index contributed by atoms with van der Waals surface area (Å²) in [5, 5.41) is 6.29. The third kappa shape index (κ3) is 4.26. The third-order valence-corrected chi connectivity index (χ3v) is 17.4. The summed E-state index contributed by atoms with van der Waals surface area (Å²) >= 11 is 0. The third-order valence-electron chi connectivity index (χ3n) is 6.54. The lowest BCUT2D eigenvalue weighted by Crippen LogP contribution is -2.54. The number of hydrogen-bond donors (Lipinski definition) is 0. The molecule has 0 radical (unpaired) electrons. The van der Waals surface area contributed by atoms with Gasteiger partial charge in [-0.25, -0.2) is 0 Å². The van der Waals surface area contributed by atoms with Crippen LogP contribution in [0.3, 0.4) is 0 Å². The first kappa shape index (κ1) is 20.4. The second-order valence-corrected chi connectivity index (χ2v) is 23.8. The van der Waals surface area contributed by atoms with Crippen molar-refractivity contribution in [2.75, 3.05) is 0 Å². The van der Waals surface area contributed by atoms with Crippen LogP contribution < -0.4 is 20.7 Å². The van der Waals surface area contributed by atoms with Gasteiger partial charge in [-0.2, -0.15) is 0 Å². The first-order valence-corrected chi connectivity index (χ1v) is 19.2. The molecule has 2 aromatic rings. The Morgan fingerprint density at radius 2 is 0.720 bits per heavy atom. The van der Waals surface area contributed by atoms with Crippen LogP contribution >= 0.6 is 0 Å². The highest BCUT2D eigenvalue weighted by Crippen LogP contribution is 2.11. The van der Waals surface area contributed by atoms with Gasteiger partial charge in [-0.1, -0.05) is 134 Å². The lowest BCUT2D eigenvalue weighted by atomic mass is 10.3. The molecule has 0 N–H and O–H groups in total. The number of benzene rings is 2. The Balaban J connectivity index is 2.32. The Kier molecular flexibility index (Phi) is 6.02. The summed E-state index contributed by atoms with van der Waals surface area (Å²) in [4.78, 5) is 0. The van der Waals surface area contributed by atoms with E-state index in [1.54, 1.807) is 20.7 Å². The zero-order valence-electron chi connectivity index (χ0n) is 17.5. The molecule has 25 heavy (non-hydrogen) atoms. The molecule has 3 heteroatoms. The zero-order valence-corrected chi connectivity index (χ0v) is 20.5. The fourth-order valence-corrected chi connectivity index (χ4v) is 8.54. The molecular formula is C22H36Si3. The van der Waals surface area contributed by atoms with E-state index in [1.165, 1.54) is 12.1 Å². The normalized spacial score (nSPS) is 13.1. The van der Waals surface area contributed by atoms with E-state index in [9.17, 15) is 0 Å². The lowest BCUT2D eigenvalue weighted by molar-refractivity contribution is 1.37. The number of rotatable bonds is 6. The molecule has 136 valence electrons. The molecule has 2 aromatic carbocycles. The molecule has 0 aliphatic carbocycles. The van der Waals surface area contributed by atoms with Crippen LogP contribution in [-0.2, 0) is 0 Å². The first-order valence-electron chi connectivity index (χ1n) is 9.76. The maximum Gasteiger partial charge on any atom is 0.112 e. The molecule has 0 spiro atoms. The standard InChI is InChI=1S/C22H36Si3/c1-9-23(3,4)19-11-15-21(16-12-19)25(7,8)22-17-13-20(14-18-22)24(5,6)10-2/h11-18H,9-10H2,1-8H3. The second-order valence-electron chi connectivity index (χ2n) is 9.25. The molecule has 0 aliphatic rings. The minimum Gasteiger partial charge on any atom is -0.0675 e. The smallest absolute Gasteiger partial charge is 0.0675 e. The van der Waals surface area contributed by atoms with Crippen LogP contribution in [-0.4, -0.2) is 24.2 Å².